The molecule has 1 aromatic heterocycles. The van der Waals surface area contributed by atoms with E-state index in [9.17, 15) is 13.2 Å². The van der Waals surface area contributed by atoms with Gasteiger partial charge in [-0.3, -0.25) is 0 Å². The molecule has 0 radical (unpaired) electrons. The molecule has 2 heterocycles. The highest BCUT2D eigenvalue weighted by Crippen LogP contribution is 2.31. The number of nitrogens with two attached hydrogens (primary N) is 1. The number of carbonyl (C=O) groups is 1. The molecule has 1 aliphatic rings. The molecule has 1 fully saturated rings. The molecular formula is C13H21ClN2O5S. The first kappa shape index (κ1) is 19.0. The molecule has 1 atom stereocenters. The Balaban J connectivity index is 0.00000242. The van der Waals surface area contributed by atoms with Gasteiger partial charge >= 0.3 is 5.97 Å². The van der Waals surface area contributed by atoms with Gasteiger partial charge < -0.3 is 14.9 Å². The number of esters is 1. The molecule has 1 saturated heterocycles. The Kier molecular flexibility index (Phi) is 5.66. The molecule has 1 aromatic rings. The fourth-order valence-corrected chi connectivity index (χ4v) is 3.88. The molecule has 2 rings (SSSR count). The lowest BCUT2D eigenvalue weighted by atomic mass is 9.81. The quantitative estimate of drug-likeness (QED) is 0.821. The van der Waals surface area contributed by atoms with E-state index in [1.165, 1.54) is 17.5 Å². The number of piperidine rings is 1. The van der Waals surface area contributed by atoms with Crippen LogP contribution in [0.4, 0.5) is 0 Å². The largest absolute Gasteiger partial charge is 0.465 e. The maximum absolute atomic E-state index is 12.5. The topological polar surface area (TPSA) is 103 Å². The summed E-state index contributed by atoms with van der Waals surface area (Å²) in [6.07, 6.45) is 1.66. The molecule has 0 spiro atoms. The highest BCUT2D eigenvalue weighted by Gasteiger charge is 2.40. The Bertz CT molecular complexity index is 641. The van der Waals surface area contributed by atoms with Crippen LogP contribution >= 0.6 is 12.4 Å². The van der Waals surface area contributed by atoms with E-state index in [1.807, 2.05) is 13.8 Å². The van der Waals surface area contributed by atoms with Crippen molar-refractivity contribution in [2.24, 2.45) is 11.1 Å². The van der Waals surface area contributed by atoms with E-state index >= 15 is 0 Å². The van der Waals surface area contributed by atoms with E-state index < -0.39 is 16.0 Å². The van der Waals surface area contributed by atoms with Crippen LogP contribution in [0, 0.1) is 5.41 Å². The maximum atomic E-state index is 12.5. The third kappa shape index (κ3) is 3.45. The highest BCUT2D eigenvalue weighted by molar-refractivity contribution is 7.89. The molecule has 0 amide bonds. The van der Waals surface area contributed by atoms with Gasteiger partial charge in [0.05, 0.1) is 12.7 Å². The van der Waals surface area contributed by atoms with Gasteiger partial charge in [-0.1, -0.05) is 13.8 Å². The van der Waals surface area contributed by atoms with Gasteiger partial charge in [0.25, 0.3) is 10.0 Å². The van der Waals surface area contributed by atoms with E-state index in [1.54, 1.807) is 0 Å². The van der Waals surface area contributed by atoms with Gasteiger partial charge in [-0.05, 0) is 11.8 Å². The summed E-state index contributed by atoms with van der Waals surface area (Å²) in [5.74, 6) is -0.638. The molecule has 0 saturated carbocycles. The lowest BCUT2D eigenvalue weighted by Gasteiger charge is -2.41. The van der Waals surface area contributed by atoms with Crippen molar-refractivity contribution in [3.05, 3.63) is 17.9 Å². The molecule has 2 N–H and O–H groups in total. The standard InChI is InChI=1S/C13H20N2O5S.ClH/c1-13(2)8-15(5-4-10(13)14)21(17,18)11-6-9(7-20-11)12(16)19-3;/h6-7,10H,4-5,8,14H2,1-3H3;1H. The van der Waals surface area contributed by atoms with Crippen molar-refractivity contribution in [1.82, 2.24) is 4.31 Å². The summed E-state index contributed by atoms with van der Waals surface area (Å²) in [6, 6.07) is 1.13. The van der Waals surface area contributed by atoms with E-state index in [0.717, 1.165) is 6.26 Å². The number of furan rings is 1. The summed E-state index contributed by atoms with van der Waals surface area (Å²) >= 11 is 0. The number of hydrogen-bond acceptors (Lipinski definition) is 6. The van der Waals surface area contributed by atoms with Gasteiger partial charge in [0.1, 0.15) is 6.26 Å². The van der Waals surface area contributed by atoms with Crippen molar-refractivity contribution >= 4 is 28.4 Å². The number of halogens is 1. The van der Waals surface area contributed by atoms with Gasteiger partial charge in [0.15, 0.2) is 0 Å². The highest BCUT2D eigenvalue weighted by atomic mass is 35.5. The molecule has 9 heteroatoms. The Morgan fingerprint density at radius 1 is 1.50 bits per heavy atom. The minimum atomic E-state index is -3.77. The molecule has 1 unspecified atom stereocenters. The zero-order valence-electron chi connectivity index (χ0n) is 12.7. The van der Waals surface area contributed by atoms with Crippen molar-refractivity contribution in [2.75, 3.05) is 20.2 Å². The van der Waals surface area contributed by atoms with E-state index in [-0.39, 0.29) is 34.5 Å². The molecule has 22 heavy (non-hydrogen) atoms. The minimum absolute atomic E-state index is 0. The van der Waals surface area contributed by atoms with Crippen molar-refractivity contribution in [1.29, 1.82) is 0 Å². The summed E-state index contributed by atoms with van der Waals surface area (Å²) < 4.78 is 36.0. The first-order valence-corrected chi connectivity index (χ1v) is 8.05. The van der Waals surface area contributed by atoms with Gasteiger partial charge in [-0.2, -0.15) is 4.31 Å². The van der Waals surface area contributed by atoms with Crippen LogP contribution in [-0.4, -0.2) is 44.9 Å². The summed E-state index contributed by atoms with van der Waals surface area (Å²) in [5.41, 5.74) is 5.77. The van der Waals surface area contributed by atoms with Gasteiger partial charge in [0, 0.05) is 25.2 Å². The SMILES string of the molecule is COC(=O)c1coc(S(=O)(=O)N2CCC(N)C(C)(C)C2)c1.Cl. The molecule has 1 aliphatic heterocycles. The van der Waals surface area contributed by atoms with Crippen LogP contribution in [0.2, 0.25) is 0 Å². The van der Waals surface area contributed by atoms with Crippen LogP contribution in [0.3, 0.4) is 0 Å². The smallest absolute Gasteiger partial charge is 0.341 e. The molecule has 0 bridgehead atoms. The third-order valence-corrected chi connectivity index (χ3v) is 5.58. The van der Waals surface area contributed by atoms with Crippen molar-refractivity contribution in [3.63, 3.8) is 0 Å². The van der Waals surface area contributed by atoms with Crippen LogP contribution in [0.25, 0.3) is 0 Å². The summed E-state index contributed by atoms with van der Waals surface area (Å²) in [4.78, 5) is 11.4. The Labute approximate surface area is 136 Å². The molecule has 0 aromatic carbocycles. The van der Waals surface area contributed by atoms with E-state index in [2.05, 4.69) is 4.74 Å². The fourth-order valence-electron chi connectivity index (χ4n) is 2.33. The fraction of sp³-hybridized carbons (Fsp3) is 0.615. The Morgan fingerprint density at radius 2 is 2.14 bits per heavy atom. The third-order valence-electron chi connectivity index (χ3n) is 3.87. The van der Waals surface area contributed by atoms with Crippen LogP contribution in [0.5, 0.6) is 0 Å². The van der Waals surface area contributed by atoms with Crippen molar-refractivity contribution in [3.8, 4) is 0 Å². The average Bonchev–Trinajstić information content (AvgIpc) is 2.91. The van der Waals surface area contributed by atoms with E-state index in [0.29, 0.717) is 19.5 Å². The first-order chi connectivity index (χ1) is 9.68. The number of methoxy groups -OCH3 is 1. The summed E-state index contributed by atoms with van der Waals surface area (Å²) in [6.45, 7) is 4.51. The summed E-state index contributed by atoms with van der Waals surface area (Å²) in [7, 11) is -2.55. The lowest BCUT2D eigenvalue weighted by molar-refractivity contribution is 0.0600. The Morgan fingerprint density at radius 3 is 2.68 bits per heavy atom. The predicted octanol–water partition coefficient (Wildman–Crippen LogP) is 1.24. The monoisotopic (exact) mass is 352 g/mol. The first-order valence-electron chi connectivity index (χ1n) is 6.61. The zero-order valence-corrected chi connectivity index (χ0v) is 14.4. The number of hydrogen-bond donors (Lipinski definition) is 1. The number of sulfonamides is 1. The van der Waals surface area contributed by atoms with Gasteiger partial charge in [0.2, 0.25) is 5.09 Å². The molecule has 0 aliphatic carbocycles. The molecule has 7 nitrogen and oxygen atoms in total. The second-order valence-corrected chi connectivity index (χ2v) is 7.74. The van der Waals surface area contributed by atoms with Crippen molar-refractivity contribution in [2.45, 2.75) is 31.4 Å². The average molecular weight is 353 g/mol. The van der Waals surface area contributed by atoms with Crippen molar-refractivity contribution < 1.29 is 22.4 Å². The molecule has 126 valence electrons. The molecular weight excluding hydrogens is 332 g/mol. The van der Waals surface area contributed by atoms with Crippen LogP contribution < -0.4 is 5.73 Å². The number of rotatable bonds is 3. The lowest BCUT2D eigenvalue weighted by Crippen LogP contribution is -2.53. The van der Waals surface area contributed by atoms with Crippen LogP contribution in [-0.2, 0) is 14.8 Å². The predicted molar refractivity (Wildman–Crippen MR) is 82.4 cm³/mol. The van der Waals surface area contributed by atoms with Crippen LogP contribution in [0.15, 0.2) is 21.8 Å². The Hall–Kier alpha value is -1.09. The van der Waals surface area contributed by atoms with Gasteiger partial charge in [-0.25, -0.2) is 13.2 Å². The maximum Gasteiger partial charge on any atom is 0.341 e. The summed E-state index contributed by atoms with van der Waals surface area (Å²) in [5, 5.41) is -0.255. The van der Waals surface area contributed by atoms with E-state index in [4.69, 9.17) is 10.2 Å². The van der Waals surface area contributed by atoms with Gasteiger partial charge in [-0.15, -0.1) is 12.4 Å². The zero-order chi connectivity index (χ0) is 15.8. The van der Waals surface area contributed by atoms with Crippen LogP contribution in [0.1, 0.15) is 30.6 Å². The second kappa shape index (κ2) is 6.57. The normalized spacial score (nSPS) is 21.9. The second-order valence-electron chi connectivity index (χ2n) is 5.87. The minimum Gasteiger partial charge on any atom is -0.465 e. The number of ether oxygens (including phenoxy) is 1. The number of nitrogens with zero attached hydrogens (tertiary/aromatic N) is 1. The number of carbonyl (C=O) groups excluding carboxylic acids is 1.